The molecule has 2 heterocycles. The van der Waals surface area contributed by atoms with Gasteiger partial charge in [0.25, 0.3) is 5.91 Å². The molecule has 0 radical (unpaired) electrons. The first-order valence-electron chi connectivity index (χ1n) is 7.49. The molecule has 4 rings (SSSR count). The summed E-state index contributed by atoms with van der Waals surface area (Å²) in [6, 6.07) is 10.5. The van der Waals surface area contributed by atoms with Crippen molar-refractivity contribution in [2.75, 3.05) is 13.3 Å². The first kappa shape index (κ1) is 14.4. The zero-order valence-corrected chi connectivity index (χ0v) is 12.6. The number of hydrogen-bond acceptors (Lipinski definition) is 5. The summed E-state index contributed by atoms with van der Waals surface area (Å²) in [7, 11) is 0. The maximum atomic E-state index is 12.2. The summed E-state index contributed by atoms with van der Waals surface area (Å²) in [6.45, 7) is 0.653. The van der Waals surface area contributed by atoms with Crippen molar-refractivity contribution in [3.63, 3.8) is 0 Å². The second kappa shape index (κ2) is 5.77. The number of aromatic nitrogens is 1. The lowest BCUT2D eigenvalue weighted by Crippen LogP contribution is -2.25. The van der Waals surface area contributed by atoms with Crippen molar-refractivity contribution in [1.82, 2.24) is 10.3 Å². The molecule has 2 aromatic carbocycles. The normalized spacial score (nSPS) is 12.5. The lowest BCUT2D eigenvalue weighted by molar-refractivity contribution is 0.0953. The quantitative estimate of drug-likeness (QED) is 0.763. The number of carbonyl (C=O) groups is 1. The van der Waals surface area contributed by atoms with Gasteiger partial charge in [-0.3, -0.25) is 9.78 Å². The first-order chi connectivity index (χ1) is 11.7. The van der Waals surface area contributed by atoms with Crippen molar-refractivity contribution in [3.8, 4) is 11.5 Å². The molecule has 7 heteroatoms. The van der Waals surface area contributed by atoms with Gasteiger partial charge in [-0.05, 0) is 42.3 Å². The number of carbonyl (C=O) groups excluding carboxylic acids is 1. The lowest BCUT2D eigenvalue weighted by Gasteiger charge is -2.06. The molecule has 1 aliphatic rings. The van der Waals surface area contributed by atoms with Crippen LogP contribution in [0, 0.1) is 0 Å². The number of ether oxygens (including phenoxy) is 2. The van der Waals surface area contributed by atoms with E-state index >= 15 is 0 Å². The van der Waals surface area contributed by atoms with Crippen LogP contribution in [0.25, 0.3) is 11.1 Å². The number of nitrogens with one attached hydrogen (secondary N) is 2. The SMILES string of the molecule is O=C(NCCc1ccc2oc(=O)[nH]c2c1)c1ccc2c(c1)OCO2. The highest BCUT2D eigenvalue weighted by molar-refractivity contribution is 5.94. The minimum absolute atomic E-state index is 0.175. The maximum absolute atomic E-state index is 12.2. The highest BCUT2D eigenvalue weighted by Gasteiger charge is 2.15. The van der Waals surface area contributed by atoms with Crippen molar-refractivity contribution < 1.29 is 18.7 Å². The molecule has 0 fully saturated rings. The summed E-state index contributed by atoms with van der Waals surface area (Å²) in [6.07, 6.45) is 0.638. The van der Waals surface area contributed by atoms with Crippen LogP contribution in [-0.2, 0) is 6.42 Å². The molecule has 0 saturated heterocycles. The van der Waals surface area contributed by atoms with Crippen LogP contribution in [0.4, 0.5) is 0 Å². The number of H-pyrrole nitrogens is 1. The maximum Gasteiger partial charge on any atom is 0.417 e. The molecule has 1 amide bonds. The topological polar surface area (TPSA) is 93.6 Å². The predicted octanol–water partition coefficient (Wildman–Crippen LogP) is 1.82. The minimum atomic E-state index is -0.474. The van der Waals surface area contributed by atoms with Gasteiger partial charge in [0.2, 0.25) is 6.79 Å². The van der Waals surface area contributed by atoms with Crippen LogP contribution in [0.2, 0.25) is 0 Å². The van der Waals surface area contributed by atoms with E-state index in [2.05, 4.69) is 10.3 Å². The van der Waals surface area contributed by atoms with Gasteiger partial charge in [0, 0.05) is 12.1 Å². The highest BCUT2D eigenvalue weighted by atomic mass is 16.7. The van der Waals surface area contributed by atoms with Crippen LogP contribution < -0.4 is 20.5 Å². The minimum Gasteiger partial charge on any atom is -0.454 e. The molecule has 1 aromatic heterocycles. The van der Waals surface area contributed by atoms with Gasteiger partial charge in [-0.1, -0.05) is 6.07 Å². The van der Waals surface area contributed by atoms with E-state index in [1.54, 1.807) is 24.3 Å². The third-order valence-electron chi connectivity index (χ3n) is 3.82. The molecule has 122 valence electrons. The fourth-order valence-electron chi connectivity index (χ4n) is 2.61. The third kappa shape index (κ3) is 2.71. The number of amides is 1. The molecule has 0 saturated carbocycles. The van der Waals surface area contributed by atoms with Crippen LogP contribution in [-0.4, -0.2) is 24.2 Å². The molecule has 0 aliphatic carbocycles. The first-order valence-corrected chi connectivity index (χ1v) is 7.49. The van der Waals surface area contributed by atoms with E-state index < -0.39 is 5.76 Å². The summed E-state index contributed by atoms with van der Waals surface area (Å²) in [5, 5.41) is 2.86. The van der Waals surface area contributed by atoms with E-state index in [9.17, 15) is 9.59 Å². The van der Waals surface area contributed by atoms with Crippen molar-refractivity contribution in [3.05, 3.63) is 58.1 Å². The van der Waals surface area contributed by atoms with Gasteiger partial charge < -0.3 is 19.2 Å². The lowest BCUT2D eigenvalue weighted by atomic mass is 10.1. The second-order valence-corrected chi connectivity index (χ2v) is 5.42. The Morgan fingerprint density at radius 1 is 1.12 bits per heavy atom. The second-order valence-electron chi connectivity index (χ2n) is 5.42. The van der Waals surface area contributed by atoms with E-state index in [4.69, 9.17) is 13.9 Å². The predicted molar refractivity (Wildman–Crippen MR) is 85.4 cm³/mol. The van der Waals surface area contributed by atoms with Gasteiger partial charge >= 0.3 is 5.76 Å². The number of rotatable bonds is 4. The third-order valence-corrected chi connectivity index (χ3v) is 3.82. The smallest absolute Gasteiger partial charge is 0.417 e. The number of benzene rings is 2. The van der Waals surface area contributed by atoms with E-state index in [1.165, 1.54) is 0 Å². The van der Waals surface area contributed by atoms with Crippen molar-refractivity contribution in [1.29, 1.82) is 0 Å². The van der Waals surface area contributed by atoms with Crippen LogP contribution in [0.3, 0.4) is 0 Å². The summed E-state index contributed by atoms with van der Waals surface area (Å²) in [4.78, 5) is 25.9. The average molecular weight is 326 g/mol. The highest BCUT2D eigenvalue weighted by Crippen LogP contribution is 2.32. The number of hydrogen-bond donors (Lipinski definition) is 2. The van der Waals surface area contributed by atoms with E-state index in [1.807, 2.05) is 12.1 Å². The number of aromatic amines is 1. The Hall–Kier alpha value is -3.22. The molecule has 2 N–H and O–H groups in total. The van der Waals surface area contributed by atoms with Gasteiger partial charge in [-0.2, -0.15) is 0 Å². The molecule has 3 aromatic rings. The summed E-state index contributed by atoms with van der Waals surface area (Å²) < 4.78 is 15.4. The molecular formula is C17H14N2O5. The number of oxazole rings is 1. The molecule has 0 bridgehead atoms. The Kier molecular flexibility index (Phi) is 3.45. The Balaban J connectivity index is 1.39. The number of fused-ring (bicyclic) bond motifs is 2. The molecular weight excluding hydrogens is 312 g/mol. The molecule has 0 unspecified atom stereocenters. The summed E-state index contributed by atoms with van der Waals surface area (Å²) in [5.41, 5.74) is 2.69. The van der Waals surface area contributed by atoms with Crippen LogP contribution in [0.15, 0.2) is 45.6 Å². The fourth-order valence-corrected chi connectivity index (χ4v) is 2.61. The standard InChI is InChI=1S/C17H14N2O5/c20-16(11-2-4-14-15(8-11)23-9-22-14)18-6-5-10-1-3-13-12(7-10)19-17(21)24-13/h1-4,7-8H,5-6,9H2,(H,18,20)(H,19,21). The molecule has 1 aliphatic heterocycles. The van der Waals surface area contributed by atoms with Gasteiger partial charge in [0.1, 0.15) is 0 Å². The molecule has 0 atom stereocenters. The van der Waals surface area contributed by atoms with E-state index in [-0.39, 0.29) is 12.7 Å². The molecule has 7 nitrogen and oxygen atoms in total. The van der Waals surface area contributed by atoms with Gasteiger partial charge in [-0.25, -0.2) is 4.79 Å². The largest absolute Gasteiger partial charge is 0.454 e. The molecule has 24 heavy (non-hydrogen) atoms. The Labute approximate surface area is 136 Å². The van der Waals surface area contributed by atoms with E-state index in [0.29, 0.717) is 41.1 Å². The monoisotopic (exact) mass is 326 g/mol. The fraction of sp³-hybridized carbons (Fsp3) is 0.176. The van der Waals surface area contributed by atoms with E-state index in [0.717, 1.165) is 5.56 Å². The Bertz CT molecular complexity index is 973. The average Bonchev–Trinajstić information content (AvgIpc) is 3.18. The zero-order valence-electron chi connectivity index (χ0n) is 12.6. The van der Waals surface area contributed by atoms with Crippen LogP contribution >= 0.6 is 0 Å². The summed E-state index contributed by atoms with van der Waals surface area (Å²) >= 11 is 0. The van der Waals surface area contributed by atoms with Gasteiger partial charge in [0.15, 0.2) is 17.1 Å². The zero-order chi connectivity index (χ0) is 16.5. The van der Waals surface area contributed by atoms with Crippen molar-refractivity contribution in [2.24, 2.45) is 0 Å². The van der Waals surface area contributed by atoms with Gasteiger partial charge in [0.05, 0.1) is 5.52 Å². The Morgan fingerprint density at radius 2 is 2.00 bits per heavy atom. The van der Waals surface area contributed by atoms with Crippen LogP contribution in [0.5, 0.6) is 11.5 Å². The summed E-state index contributed by atoms with van der Waals surface area (Å²) in [5.74, 6) is 0.579. The van der Waals surface area contributed by atoms with Crippen molar-refractivity contribution >= 4 is 17.0 Å². The van der Waals surface area contributed by atoms with Crippen molar-refractivity contribution in [2.45, 2.75) is 6.42 Å². The van der Waals surface area contributed by atoms with Gasteiger partial charge in [-0.15, -0.1) is 0 Å². The van der Waals surface area contributed by atoms with Crippen LogP contribution in [0.1, 0.15) is 15.9 Å². The molecule has 0 spiro atoms. The Morgan fingerprint density at radius 3 is 2.92 bits per heavy atom.